The normalized spacial score (nSPS) is 10.8. The van der Waals surface area contributed by atoms with Crippen LogP contribution in [0.5, 0.6) is 5.75 Å². The Morgan fingerprint density at radius 3 is 2.35 bits per heavy atom. The molecule has 0 radical (unpaired) electrons. The van der Waals surface area contributed by atoms with Gasteiger partial charge in [-0.25, -0.2) is 0 Å². The molecule has 3 heteroatoms. The highest BCUT2D eigenvalue weighted by Gasteiger charge is 1.98. The van der Waals surface area contributed by atoms with Crippen LogP contribution in [-0.2, 0) is 6.42 Å². The van der Waals surface area contributed by atoms with Crippen molar-refractivity contribution in [2.75, 3.05) is 26.7 Å². The van der Waals surface area contributed by atoms with Gasteiger partial charge in [0.25, 0.3) is 0 Å². The van der Waals surface area contributed by atoms with Crippen molar-refractivity contribution in [3.05, 3.63) is 29.8 Å². The van der Waals surface area contributed by atoms with Crippen LogP contribution in [0.25, 0.3) is 0 Å². The lowest BCUT2D eigenvalue weighted by Gasteiger charge is -2.10. The highest BCUT2D eigenvalue weighted by molar-refractivity contribution is 5.27. The maximum absolute atomic E-state index is 5.60. The van der Waals surface area contributed by atoms with E-state index in [-0.39, 0.29) is 6.10 Å². The molecule has 0 aliphatic rings. The van der Waals surface area contributed by atoms with Crippen molar-refractivity contribution >= 4 is 0 Å². The highest BCUT2D eigenvalue weighted by Crippen LogP contribution is 2.13. The van der Waals surface area contributed by atoms with E-state index in [1.807, 2.05) is 33.0 Å². The Balaban J connectivity index is 2.25. The summed E-state index contributed by atoms with van der Waals surface area (Å²) in [6, 6.07) is 8.36. The molecule has 0 amide bonds. The molecule has 0 heterocycles. The lowest BCUT2D eigenvalue weighted by molar-refractivity contribution is 0.242. The molecule has 0 aliphatic carbocycles. The Morgan fingerprint density at radius 2 is 1.76 bits per heavy atom. The van der Waals surface area contributed by atoms with Crippen LogP contribution in [0.4, 0.5) is 0 Å². The molecular weight excluding hydrogens is 212 g/mol. The number of benzene rings is 1. The fourth-order valence-corrected chi connectivity index (χ4v) is 1.58. The van der Waals surface area contributed by atoms with E-state index in [4.69, 9.17) is 4.74 Å². The second-order valence-corrected chi connectivity index (χ2v) is 4.41. The highest BCUT2D eigenvalue weighted by atomic mass is 16.5. The molecule has 0 atom stereocenters. The lowest BCUT2D eigenvalue weighted by atomic mass is 10.1. The molecule has 0 spiro atoms. The van der Waals surface area contributed by atoms with Gasteiger partial charge < -0.3 is 15.4 Å². The van der Waals surface area contributed by atoms with Crippen molar-refractivity contribution < 1.29 is 4.74 Å². The van der Waals surface area contributed by atoms with E-state index >= 15 is 0 Å². The third kappa shape index (κ3) is 6.29. The second kappa shape index (κ2) is 8.09. The van der Waals surface area contributed by atoms with Gasteiger partial charge in [-0.15, -0.1) is 0 Å². The number of likely N-dealkylation sites (N-methyl/N-ethyl adjacent to an activating group) is 1. The third-order valence-electron chi connectivity index (χ3n) is 2.44. The van der Waals surface area contributed by atoms with Crippen LogP contribution < -0.4 is 15.4 Å². The molecule has 0 saturated carbocycles. The van der Waals surface area contributed by atoms with Crippen molar-refractivity contribution in [3.63, 3.8) is 0 Å². The first kappa shape index (κ1) is 14.0. The molecule has 2 N–H and O–H groups in total. The average molecular weight is 236 g/mol. The van der Waals surface area contributed by atoms with Crippen molar-refractivity contribution in [1.29, 1.82) is 0 Å². The predicted octanol–water partition coefficient (Wildman–Crippen LogP) is 1.83. The quantitative estimate of drug-likeness (QED) is 0.676. The van der Waals surface area contributed by atoms with Gasteiger partial charge in [-0.2, -0.15) is 0 Å². The Labute approximate surface area is 105 Å². The number of ether oxygens (including phenoxy) is 1. The van der Waals surface area contributed by atoms with Crippen molar-refractivity contribution in [2.45, 2.75) is 26.4 Å². The van der Waals surface area contributed by atoms with Gasteiger partial charge >= 0.3 is 0 Å². The molecule has 0 aliphatic heterocycles. The van der Waals surface area contributed by atoms with Crippen molar-refractivity contribution in [1.82, 2.24) is 10.6 Å². The Hall–Kier alpha value is -1.06. The van der Waals surface area contributed by atoms with Crippen LogP contribution in [0.15, 0.2) is 24.3 Å². The SMILES string of the molecule is CNCCNCCc1ccc(OC(C)C)cc1. The van der Waals surface area contributed by atoms with Gasteiger partial charge in [0.1, 0.15) is 5.75 Å². The van der Waals surface area contributed by atoms with Crippen LogP contribution >= 0.6 is 0 Å². The van der Waals surface area contributed by atoms with Gasteiger partial charge in [0.05, 0.1) is 6.10 Å². The van der Waals surface area contributed by atoms with Crippen LogP contribution in [0.2, 0.25) is 0 Å². The number of nitrogens with one attached hydrogen (secondary N) is 2. The maximum Gasteiger partial charge on any atom is 0.119 e. The summed E-state index contributed by atoms with van der Waals surface area (Å²) in [7, 11) is 1.97. The summed E-state index contributed by atoms with van der Waals surface area (Å²) < 4.78 is 5.60. The minimum Gasteiger partial charge on any atom is -0.491 e. The molecule has 96 valence electrons. The third-order valence-corrected chi connectivity index (χ3v) is 2.44. The van der Waals surface area contributed by atoms with Gasteiger partial charge in [-0.3, -0.25) is 0 Å². The van der Waals surface area contributed by atoms with E-state index in [1.54, 1.807) is 0 Å². The van der Waals surface area contributed by atoms with E-state index < -0.39 is 0 Å². The molecule has 0 bridgehead atoms. The lowest BCUT2D eigenvalue weighted by Crippen LogP contribution is -2.26. The van der Waals surface area contributed by atoms with E-state index in [0.717, 1.165) is 31.8 Å². The molecule has 0 aromatic heterocycles. The molecule has 17 heavy (non-hydrogen) atoms. The average Bonchev–Trinajstić information content (AvgIpc) is 2.30. The minimum absolute atomic E-state index is 0.240. The van der Waals surface area contributed by atoms with Crippen LogP contribution in [0.1, 0.15) is 19.4 Å². The molecule has 0 saturated heterocycles. The minimum atomic E-state index is 0.240. The molecule has 0 fully saturated rings. The topological polar surface area (TPSA) is 33.3 Å². The molecule has 1 aromatic rings. The fraction of sp³-hybridized carbons (Fsp3) is 0.571. The van der Waals surface area contributed by atoms with E-state index in [1.165, 1.54) is 5.56 Å². The second-order valence-electron chi connectivity index (χ2n) is 4.41. The summed E-state index contributed by atoms with van der Waals surface area (Å²) in [5.41, 5.74) is 1.35. The van der Waals surface area contributed by atoms with Gasteiger partial charge in [-0.1, -0.05) is 12.1 Å². The van der Waals surface area contributed by atoms with Crippen LogP contribution in [0, 0.1) is 0 Å². The predicted molar refractivity (Wildman–Crippen MR) is 72.7 cm³/mol. The van der Waals surface area contributed by atoms with Crippen LogP contribution in [-0.4, -0.2) is 32.8 Å². The zero-order valence-corrected chi connectivity index (χ0v) is 11.1. The van der Waals surface area contributed by atoms with Crippen LogP contribution in [0.3, 0.4) is 0 Å². The number of rotatable bonds is 8. The number of hydrogen-bond donors (Lipinski definition) is 2. The van der Waals surface area contributed by atoms with Crippen molar-refractivity contribution in [3.8, 4) is 5.75 Å². The molecule has 0 unspecified atom stereocenters. The van der Waals surface area contributed by atoms with Gasteiger partial charge in [-0.05, 0) is 51.6 Å². The fourth-order valence-electron chi connectivity index (χ4n) is 1.58. The first-order chi connectivity index (χ1) is 8.22. The van der Waals surface area contributed by atoms with E-state index in [2.05, 4.69) is 22.8 Å². The monoisotopic (exact) mass is 236 g/mol. The summed E-state index contributed by atoms with van der Waals surface area (Å²) in [5, 5.41) is 6.50. The Kier molecular flexibility index (Phi) is 6.67. The zero-order valence-electron chi connectivity index (χ0n) is 11.1. The number of hydrogen-bond acceptors (Lipinski definition) is 3. The zero-order chi connectivity index (χ0) is 12.5. The summed E-state index contributed by atoms with van der Waals surface area (Å²) in [6.45, 7) is 7.14. The molecular formula is C14H24N2O. The standard InChI is InChI=1S/C14H24N2O/c1-12(2)17-14-6-4-13(5-7-14)8-9-16-11-10-15-3/h4-7,12,15-16H,8-11H2,1-3H3. The first-order valence-corrected chi connectivity index (χ1v) is 6.33. The maximum atomic E-state index is 5.60. The smallest absolute Gasteiger partial charge is 0.119 e. The van der Waals surface area contributed by atoms with E-state index in [0.29, 0.717) is 0 Å². The van der Waals surface area contributed by atoms with Gasteiger partial charge in [0, 0.05) is 13.1 Å². The summed E-state index contributed by atoms with van der Waals surface area (Å²) in [5.74, 6) is 0.951. The summed E-state index contributed by atoms with van der Waals surface area (Å²) in [6.07, 6.45) is 1.30. The van der Waals surface area contributed by atoms with E-state index in [9.17, 15) is 0 Å². The first-order valence-electron chi connectivity index (χ1n) is 6.33. The van der Waals surface area contributed by atoms with Gasteiger partial charge in [0.15, 0.2) is 0 Å². The molecule has 3 nitrogen and oxygen atoms in total. The molecule has 1 rings (SSSR count). The Morgan fingerprint density at radius 1 is 1.06 bits per heavy atom. The Bertz CT molecular complexity index is 296. The molecule has 1 aromatic carbocycles. The van der Waals surface area contributed by atoms with Gasteiger partial charge in [0.2, 0.25) is 0 Å². The van der Waals surface area contributed by atoms with Crippen molar-refractivity contribution in [2.24, 2.45) is 0 Å². The largest absolute Gasteiger partial charge is 0.491 e. The summed E-state index contributed by atoms with van der Waals surface area (Å²) >= 11 is 0. The summed E-state index contributed by atoms with van der Waals surface area (Å²) in [4.78, 5) is 0.